The smallest absolute Gasteiger partial charge is 0.223 e. The van der Waals surface area contributed by atoms with Gasteiger partial charge in [-0.25, -0.2) is 0 Å². The first-order valence-corrected chi connectivity index (χ1v) is 4.79. The third-order valence-electron chi connectivity index (χ3n) is 2.37. The quantitative estimate of drug-likeness (QED) is 0.656. The molecule has 1 saturated heterocycles. The highest BCUT2D eigenvalue weighted by atomic mass is 16.2. The fourth-order valence-electron chi connectivity index (χ4n) is 1.66. The molecule has 0 aliphatic carbocycles. The van der Waals surface area contributed by atoms with Crippen LogP contribution in [0.2, 0.25) is 0 Å². The minimum atomic E-state index is -0.0498. The van der Waals surface area contributed by atoms with Gasteiger partial charge in [-0.15, -0.1) is 0 Å². The van der Waals surface area contributed by atoms with Crippen molar-refractivity contribution in [2.75, 3.05) is 13.1 Å². The molecular weight excluding hydrogens is 166 g/mol. The van der Waals surface area contributed by atoms with Gasteiger partial charge < -0.3 is 4.90 Å². The van der Waals surface area contributed by atoms with Crippen molar-refractivity contribution < 1.29 is 9.59 Å². The van der Waals surface area contributed by atoms with Gasteiger partial charge in [0.25, 0.3) is 0 Å². The van der Waals surface area contributed by atoms with Gasteiger partial charge in [0.05, 0.1) is 0 Å². The molecule has 1 aliphatic rings. The molecule has 1 rings (SSSR count). The van der Waals surface area contributed by atoms with Crippen LogP contribution in [0.5, 0.6) is 0 Å². The van der Waals surface area contributed by atoms with E-state index < -0.39 is 0 Å². The SMILES string of the molecule is CC(=O)C1CC(=O)N(CC(C)C)C1. The highest BCUT2D eigenvalue weighted by Crippen LogP contribution is 2.19. The summed E-state index contributed by atoms with van der Waals surface area (Å²) >= 11 is 0. The molecule has 0 bridgehead atoms. The molecular formula is C10H17NO2. The lowest BCUT2D eigenvalue weighted by Crippen LogP contribution is -2.29. The van der Waals surface area contributed by atoms with Crippen molar-refractivity contribution in [3.63, 3.8) is 0 Å². The average molecular weight is 183 g/mol. The maximum Gasteiger partial charge on any atom is 0.223 e. The predicted molar refractivity (Wildman–Crippen MR) is 50.2 cm³/mol. The van der Waals surface area contributed by atoms with E-state index in [9.17, 15) is 9.59 Å². The summed E-state index contributed by atoms with van der Waals surface area (Å²) in [6.45, 7) is 7.13. The van der Waals surface area contributed by atoms with E-state index in [-0.39, 0.29) is 17.6 Å². The van der Waals surface area contributed by atoms with Gasteiger partial charge in [0.2, 0.25) is 5.91 Å². The highest BCUT2D eigenvalue weighted by molar-refractivity contribution is 5.89. The Morgan fingerprint density at radius 3 is 2.62 bits per heavy atom. The van der Waals surface area contributed by atoms with Crippen molar-refractivity contribution >= 4 is 11.7 Å². The third-order valence-corrected chi connectivity index (χ3v) is 2.37. The zero-order chi connectivity index (χ0) is 10.0. The first kappa shape index (κ1) is 10.2. The molecule has 3 heteroatoms. The minimum Gasteiger partial charge on any atom is -0.342 e. The Balaban J connectivity index is 2.51. The molecule has 0 radical (unpaired) electrons. The van der Waals surface area contributed by atoms with Crippen LogP contribution in [-0.2, 0) is 9.59 Å². The van der Waals surface area contributed by atoms with E-state index in [0.717, 1.165) is 6.54 Å². The van der Waals surface area contributed by atoms with Gasteiger partial charge in [0.15, 0.2) is 0 Å². The molecule has 0 aromatic carbocycles. The van der Waals surface area contributed by atoms with E-state index in [0.29, 0.717) is 18.9 Å². The number of Topliss-reactive ketones (excluding diaryl/α,β-unsaturated/α-hetero) is 1. The average Bonchev–Trinajstić information content (AvgIpc) is 2.31. The predicted octanol–water partition coefficient (Wildman–Crippen LogP) is 1.08. The molecule has 1 atom stereocenters. The number of likely N-dealkylation sites (tertiary alicyclic amines) is 1. The van der Waals surface area contributed by atoms with Gasteiger partial charge in [-0.05, 0) is 12.8 Å². The van der Waals surface area contributed by atoms with Crippen LogP contribution in [0.3, 0.4) is 0 Å². The number of amides is 1. The fraction of sp³-hybridized carbons (Fsp3) is 0.800. The van der Waals surface area contributed by atoms with E-state index >= 15 is 0 Å². The lowest BCUT2D eigenvalue weighted by Gasteiger charge is -2.18. The normalized spacial score (nSPS) is 22.9. The second-order valence-corrected chi connectivity index (χ2v) is 4.20. The number of carbonyl (C=O) groups is 2. The Morgan fingerprint density at radius 1 is 1.62 bits per heavy atom. The van der Waals surface area contributed by atoms with Crippen molar-refractivity contribution in [2.24, 2.45) is 11.8 Å². The third kappa shape index (κ3) is 2.54. The summed E-state index contributed by atoms with van der Waals surface area (Å²) < 4.78 is 0. The number of rotatable bonds is 3. The van der Waals surface area contributed by atoms with Crippen LogP contribution in [0.15, 0.2) is 0 Å². The van der Waals surface area contributed by atoms with Crippen molar-refractivity contribution in [2.45, 2.75) is 27.2 Å². The molecule has 74 valence electrons. The lowest BCUT2D eigenvalue weighted by atomic mass is 10.1. The second-order valence-electron chi connectivity index (χ2n) is 4.20. The number of hydrogen-bond donors (Lipinski definition) is 0. The molecule has 0 aromatic heterocycles. The Labute approximate surface area is 79.1 Å². The van der Waals surface area contributed by atoms with Crippen molar-refractivity contribution in [3.8, 4) is 0 Å². The largest absolute Gasteiger partial charge is 0.342 e. The summed E-state index contributed by atoms with van der Waals surface area (Å²) in [6.07, 6.45) is 0.419. The fourth-order valence-corrected chi connectivity index (χ4v) is 1.66. The second kappa shape index (κ2) is 3.90. The molecule has 0 saturated carbocycles. The molecule has 1 aliphatic heterocycles. The standard InChI is InChI=1S/C10H17NO2/c1-7(2)5-11-6-9(8(3)12)4-10(11)13/h7,9H,4-6H2,1-3H3. The van der Waals surface area contributed by atoms with Gasteiger partial charge >= 0.3 is 0 Å². The molecule has 3 nitrogen and oxygen atoms in total. The van der Waals surface area contributed by atoms with Gasteiger partial charge in [0.1, 0.15) is 5.78 Å². The number of hydrogen-bond acceptors (Lipinski definition) is 2. The first-order valence-electron chi connectivity index (χ1n) is 4.79. The van der Waals surface area contributed by atoms with Crippen LogP contribution in [0, 0.1) is 11.8 Å². The minimum absolute atomic E-state index is 0.0498. The van der Waals surface area contributed by atoms with Gasteiger partial charge in [0, 0.05) is 25.4 Å². The molecule has 1 fully saturated rings. The lowest BCUT2D eigenvalue weighted by molar-refractivity contribution is -0.128. The molecule has 0 aromatic rings. The summed E-state index contributed by atoms with van der Waals surface area (Å²) in [5.41, 5.74) is 0. The van der Waals surface area contributed by atoms with Crippen LogP contribution in [-0.4, -0.2) is 29.7 Å². The summed E-state index contributed by atoms with van der Waals surface area (Å²) in [5.74, 6) is 0.703. The van der Waals surface area contributed by atoms with Gasteiger partial charge in [-0.3, -0.25) is 9.59 Å². The first-order chi connectivity index (χ1) is 6.00. The van der Waals surface area contributed by atoms with Crippen LogP contribution in [0.25, 0.3) is 0 Å². The van der Waals surface area contributed by atoms with Crippen LogP contribution < -0.4 is 0 Å². The number of nitrogens with zero attached hydrogens (tertiary/aromatic N) is 1. The van der Waals surface area contributed by atoms with E-state index in [1.807, 2.05) is 0 Å². The number of carbonyl (C=O) groups excluding carboxylic acids is 2. The Kier molecular flexibility index (Phi) is 3.07. The summed E-state index contributed by atoms with van der Waals surface area (Å²) in [5, 5.41) is 0. The highest BCUT2D eigenvalue weighted by Gasteiger charge is 2.32. The molecule has 1 unspecified atom stereocenters. The summed E-state index contributed by atoms with van der Waals surface area (Å²) in [6, 6.07) is 0. The van der Waals surface area contributed by atoms with Crippen molar-refractivity contribution in [3.05, 3.63) is 0 Å². The Morgan fingerprint density at radius 2 is 2.23 bits per heavy atom. The zero-order valence-electron chi connectivity index (χ0n) is 8.54. The van der Waals surface area contributed by atoms with Crippen LogP contribution >= 0.6 is 0 Å². The van der Waals surface area contributed by atoms with E-state index in [4.69, 9.17) is 0 Å². The van der Waals surface area contributed by atoms with E-state index in [1.54, 1.807) is 11.8 Å². The van der Waals surface area contributed by atoms with E-state index in [1.165, 1.54) is 0 Å². The molecule has 13 heavy (non-hydrogen) atoms. The Bertz CT molecular complexity index is 223. The molecule has 1 amide bonds. The molecule has 0 N–H and O–H groups in total. The van der Waals surface area contributed by atoms with Gasteiger partial charge in [-0.1, -0.05) is 13.8 Å². The summed E-state index contributed by atoms with van der Waals surface area (Å²) in [4.78, 5) is 24.2. The molecule has 1 heterocycles. The van der Waals surface area contributed by atoms with E-state index in [2.05, 4.69) is 13.8 Å². The van der Waals surface area contributed by atoms with Crippen molar-refractivity contribution in [1.29, 1.82) is 0 Å². The van der Waals surface area contributed by atoms with Crippen LogP contribution in [0.1, 0.15) is 27.2 Å². The summed E-state index contributed by atoms with van der Waals surface area (Å²) in [7, 11) is 0. The van der Waals surface area contributed by atoms with Crippen LogP contribution in [0.4, 0.5) is 0 Å². The number of ketones is 1. The topological polar surface area (TPSA) is 37.4 Å². The molecule has 0 spiro atoms. The maximum absolute atomic E-state index is 11.4. The van der Waals surface area contributed by atoms with Crippen molar-refractivity contribution in [1.82, 2.24) is 4.90 Å². The monoisotopic (exact) mass is 183 g/mol. The maximum atomic E-state index is 11.4. The zero-order valence-corrected chi connectivity index (χ0v) is 8.54. The Hall–Kier alpha value is -0.860. The van der Waals surface area contributed by atoms with Gasteiger partial charge in [-0.2, -0.15) is 0 Å².